The van der Waals surface area contributed by atoms with Crippen LogP contribution >= 0.6 is 11.3 Å². The van der Waals surface area contributed by atoms with Crippen LogP contribution in [0.2, 0.25) is 0 Å². The van der Waals surface area contributed by atoms with E-state index in [1.54, 1.807) is 13.0 Å². The summed E-state index contributed by atoms with van der Waals surface area (Å²) in [4.78, 5) is 18.5. The summed E-state index contributed by atoms with van der Waals surface area (Å²) < 4.78 is 23.3. The number of primary sulfonamides is 1. The highest BCUT2D eigenvalue weighted by Crippen LogP contribution is 2.29. The van der Waals surface area contributed by atoms with Gasteiger partial charge in [-0.15, -0.1) is 6.58 Å². The molecule has 2 N–H and O–H groups in total. The predicted octanol–water partition coefficient (Wildman–Crippen LogP) is 3.53. The molecule has 1 amide bonds. The van der Waals surface area contributed by atoms with Gasteiger partial charge in [0, 0.05) is 6.54 Å². The zero-order valence-corrected chi connectivity index (χ0v) is 17.5. The molecule has 0 atom stereocenters. The van der Waals surface area contributed by atoms with Gasteiger partial charge in [-0.1, -0.05) is 72.0 Å². The molecule has 0 fully saturated rings. The van der Waals surface area contributed by atoms with Gasteiger partial charge in [-0.25, -0.2) is 18.5 Å². The van der Waals surface area contributed by atoms with Crippen molar-refractivity contribution in [3.05, 3.63) is 78.5 Å². The number of carbonyl (C=O) groups excluding carboxylic acids is 1. The molecule has 8 heteroatoms. The van der Waals surface area contributed by atoms with Gasteiger partial charge in [0.1, 0.15) is 0 Å². The van der Waals surface area contributed by atoms with E-state index in [0.717, 1.165) is 28.0 Å². The molecule has 1 aromatic heterocycles. The Bertz CT molecular complexity index is 1120. The summed E-state index contributed by atoms with van der Waals surface area (Å²) in [5, 5.41) is 5.52. The molecule has 0 saturated heterocycles. The zero-order chi connectivity index (χ0) is 21.0. The molecule has 0 spiro atoms. The monoisotopic (exact) mass is 427 g/mol. The fraction of sp³-hybridized carbons (Fsp3) is 0.143. The normalized spacial score (nSPS) is 11.2. The standard InChI is InChI=1S/C21H21N3O3S2/c1-3-13-24(21-23-15(2)20(28-21)29(22,26)27)19(25)14-16-9-11-18(12-10-16)17-7-5-4-6-8-17/h3-12H,1,13-14H2,2H3,(H2,22,26,27). The Morgan fingerprint density at radius 3 is 2.31 bits per heavy atom. The van der Waals surface area contributed by atoms with E-state index in [1.165, 1.54) is 4.90 Å². The van der Waals surface area contributed by atoms with Gasteiger partial charge in [0.25, 0.3) is 0 Å². The first-order valence-corrected chi connectivity index (χ1v) is 11.2. The Morgan fingerprint density at radius 2 is 1.76 bits per heavy atom. The van der Waals surface area contributed by atoms with E-state index in [4.69, 9.17) is 5.14 Å². The number of hydrogen-bond donors (Lipinski definition) is 1. The van der Waals surface area contributed by atoms with Crippen LogP contribution in [0.5, 0.6) is 0 Å². The van der Waals surface area contributed by atoms with Crippen molar-refractivity contribution in [3.63, 3.8) is 0 Å². The molecular formula is C21H21N3O3S2. The van der Waals surface area contributed by atoms with Crippen LogP contribution in [0, 0.1) is 6.92 Å². The van der Waals surface area contributed by atoms with Gasteiger partial charge in [0.05, 0.1) is 12.1 Å². The minimum atomic E-state index is -3.88. The number of amides is 1. The summed E-state index contributed by atoms with van der Waals surface area (Å²) in [5.41, 5.74) is 3.30. The van der Waals surface area contributed by atoms with E-state index in [-0.39, 0.29) is 33.9 Å². The van der Waals surface area contributed by atoms with Crippen molar-refractivity contribution in [1.29, 1.82) is 0 Å². The van der Waals surface area contributed by atoms with Gasteiger partial charge in [-0.3, -0.25) is 9.69 Å². The van der Waals surface area contributed by atoms with E-state index in [2.05, 4.69) is 11.6 Å². The lowest BCUT2D eigenvalue weighted by atomic mass is 10.0. The Hall–Kier alpha value is -2.81. The van der Waals surface area contributed by atoms with Crippen LogP contribution in [0.25, 0.3) is 11.1 Å². The Morgan fingerprint density at radius 1 is 1.14 bits per heavy atom. The van der Waals surface area contributed by atoms with Crippen molar-refractivity contribution >= 4 is 32.4 Å². The molecule has 1 heterocycles. The van der Waals surface area contributed by atoms with E-state index in [0.29, 0.717) is 0 Å². The van der Waals surface area contributed by atoms with E-state index in [9.17, 15) is 13.2 Å². The maximum absolute atomic E-state index is 12.9. The summed E-state index contributed by atoms with van der Waals surface area (Å²) in [6, 6.07) is 17.7. The minimum Gasteiger partial charge on any atom is -0.284 e. The summed E-state index contributed by atoms with van der Waals surface area (Å²) in [7, 11) is -3.88. The highest BCUT2D eigenvalue weighted by molar-refractivity contribution is 7.91. The quantitative estimate of drug-likeness (QED) is 0.584. The molecule has 3 rings (SSSR count). The first-order chi connectivity index (χ1) is 13.8. The first kappa shape index (κ1) is 20.9. The summed E-state index contributed by atoms with van der Waals surface area (Å²) in [5.74, 6) is -0.202. The highest BCUT2D eigenvalue weighted by Gasteiger charge is 2.24. The molecule has 0 aliphatic rings. The number of nitrogens with two attached hydrogens (primary N) is 1. The van der Waals surface area contributed by atoms with Gasteiger partial charge in [0.15, 0.2) is 9.34 Å². The van der Waals surface area contributed by atoms with E-state index < -0.39 is 10.0 Å². The third kappa shape index (κ3) is 4.97. The molecule has 0 aliphatic carbocycles. The summed E-state index contributed by atoms with van der Waals surface area (Å²) >= 11 is 0.886. The fourth-order valence-electron chi connectivity index (χ4n) is 2.88. The summed E-state index contributed by atoms with van der Waals surface area (Å²) in [6.45, 7) is 5.45. The number of sulfonamides is 1. The molecule has 0 unspecified atom stereocenters. The number of anilines is 1. The smallest absolute Gasteiger partial charge is 0.249 e. The lowest BCUT2D eigenvalue weighted by molar-refractivity contribution is -0.117. The van der Waals surface area contributed by atoms with E-state index >= 15 is 0 Å². The Kier molecular flexibility index (Phi) is 6.26. The maximum atomic E-state index is 12.9. The summed E-state index contributed by atoms with van der Waals surface area (Å²) in [6.07, 6.45) is 1.73. The number of benzene rings is 2. The van der Waals surface area contributed by atoms with Crippen LogP contribution in [0.4, 0.5) is 5.13 Å². The molecule has 150 valence electrons. The fourth-order valence-corrected chi connectivity index (χ4v) is 4.85. The lowest BCUT2D eigenvalue weighted by Crippen LogP contribution is -2.32. The predicted molar refractivity (Wildman–Crippen MR) is 116 cm³/mol. The molecule has 0 bridgehead atoms. The van der Waals surface area contributed by atoms with E-state index in [1.807, 2.05) is 54.6 Å². The molecule has 0 saturated carbocycles. The van der Waals surface area contributed by atoms with Crippen LogP contribution in [0.1, 0.15) is 11.3 Å². The molecular weight excluding hydrogens is 406 g/mol. The van der Waals surface area contributed by atoms with Crippen LogP contribution in [0.15, 0.2) is 71.5 Å². The van der Waals surface area contributed by atoms with Crippen LogP contribution in [-0.4, -0.2) is 25.9 Å². The third-order valence-corrected chi connectivity index (χ3v) is 7.00. The third-order valence-electron chi connectivity index (χ3n) is 4.26. The minimum absolute atomic E-state index is 0.0402. The number of rotatable bonds is 7. The van der Waals surface area contributed by atoms with Crippen LogP contribution in [0.3, 0.4) is 0 Å². The molecule has 0 radical (unpaired) electrons. The van der Waals surface area contributed by atoms with Crippen LogP contribution in [-0.2, 0) is 21.2 Å². The van der Waals surface area contributed by atoms with Crippen LogP contribution < -0.4 is 10.0 Å². The zero-order valence-electron chi connectivity index (χ0n) is 15.9. The van der Waals surface area contributed by atoms with Gasteiger partial charge in [-0.2, -0.15) is 0 Å². The first-order valence-electron chi connectivity index (χ1n) is 8.85. The molecule has 6 nitrogen and oxygen atoms in total. The largest absolute Gasteiger partial charge is 0.284 e. The highest BCUT2D eigenvalue weighted by atomic mass is 32.2. The second-order valence-corrected chi connectivity index (χ2v) is 9.18. The topological polar surface area (TPSA) is 93.4 Å². The van der Waals surface area contributed by atoms with Gasteiger partial charge >= 0.3 is 0 Å². The van der Waals surface area contributed by atoms with Gasteiger partial charge < -0.3 is 0 Å². The molecule has 2 aromatic carbocycles. The second kappa shape index (κ2) is 8.69. The lowest BCUT2D eigenvalue weighted by Gasteiger charge is -2.18. The van der Waals surface area contributed by atoms with Crippen molar-refractivity contribution in [3.8, 4) is 11.1 Å². The number of aromatic nitrogens is 1. The Balaban J connectivity index is 1.81. The number of thiazole rings is 1. The number of nitrogens with zero attached hydrogens (tertiary/aromatic N) is 2. The number of carbonyl (C=O) groups is 1. The SMILES string of the molecule is C=CCN(C(=O)Cc1ccc(-c2ccccc2)cc1)c1nc(C)c(S(N)(=O)=O)s1. The van der Waals surface area contributed by atoms with Crippen molar-refractivity contribution in [2.45, 2.75) is 17.6 Å². The molecule has 3 aromatic rings. The number of aryl methyl sites for hydroxylation is 1. The van der Waals surface area contributed by atoms with Crippen molar-refractivity contribution in [1.82, 2.24) is 4.98 Å². The second-order valence-electron chi connectivity index (χ2n) is 6.45. The maximum Gasteiger partial charge on any atom is 0.249 e. The van der Waals surface area contributed by atoms with Crippen molar-refractivity contribution in [2.24, 2.45) is 5.14 Å². The number of hydrogen-bond acceptors (Lipinski definition) is 5. The molecule has 0 aliphatic heterocycles. The Labute approximate surface area is 174 Å². The average Bonchev–Trinajstić information content (AvgIpc) is 3.09. The van der Waals surface area contributed by atoms with Crippen molar-refractivity contribution < 1.29 is 13.2 Å². The average molecular weight is 428 g/mol. The molecule has 29 heavy (non-hydrogen) atoms. The van der Waals surface area contributed by atoms with Gasteiger partial charge in [-0.05, 0) is 23.6 Å². The van der Waals surface area contributed by atoms with Crippen molar-refractivity contribution in [2.75, 3.05) is 11.4 Å². The van der Waals surface area contributed by atoms with Gasteiger partial charge in [0.2, 0.25) is 15.9 Å².